The zero-order valence-corrected chi connectivity index (χ0v) is 24.3. The maximum atomic E-state index is 14.2. The molecule has 3 aliphatic heterocycles. The standard InChI is InChI=1S/C30H25F6N3O5S/c1-16(29(31,32)33)37-15-39(38-12-11-21(40)26(25(38)27(37)41)44-28(42)22-9-5-13-43-22)24-17-7-4-8-20(30(34,35)36)19(17)14-45-23-10-3-2-6-18(23)24/h2-4,6-8,10-12,16,22,24H,5,9,13-15H2,1H3/t16-,22-,24+/m1/s1. The van der Waals surface area contributed by atoms with Gasteiger partial charge in [-0.15, -0.1) is 11.8 Å². The molecule has 1 saturated heterocycles. The molecule has 2 aromatic carbocycles. The van der Waals surface area contributed by atoms with Crippen LogP contribution in [0.1, 0.15) is 58.5 Å². The largest absolute Gasteiger partial charge is 0.418 e. The number of ether oxygens (including phenoxy) is 2. The molecule has 3 aromatic rings. The Bertz CT molecular complexity index is 1720. The van der Waals surface area contributed by atoms with E-state index in [9.17, 15) is 40.7 Å². The molecule has 0 N–H and O–H groups in total. The minimum absolute atomic E-state index is 0.0730. The average Bonchev–Trinajstić information content (AvgIpc) is 3.48. The second kappa shape index (κ2) is 11.4. The molecule has 0 unspecified atom stereocenters. The van der Waals surface area contributed by atoms with Crippen molar-refractivity contribution in [1.29, 1.82) is 0 Å². The van der Waals surface area contributed by atoms with E-state index in [1.807, 2.05) is 0 Å². The Morgan fingerprint density at radius 2 is 1.76 bits per heavy atom. The van der Waals surface area contributed by atoms with Crippen molar-refractivity contribution in [2.75, 3.05) is 18.3 Å². The van der Waals surface area contributed by atoms with Crippen LogP contribution in [0.25, 0.3) is 0 Å². The van der Waals surface area contributed by atoms with Gasteiger partial charge < -0.3 is 14.4 Å². The summed E-state index contributed by atoms with van der Waals surface area (Å²) in [5, 5.41) is 1.28. The van der Waals surface area contributed by atoms with Gasteiger partial charge in [0.25, 0.3) is 5.91 Å². The van der Waals surface area contributed by atoms with Crippen LogP contribution in [0.2, 0.25) is 0 Å². The molecule has 3 aliphatic rings. The van der Waals surface area contributed by atoms with E-state index in [0.29, 0.717) is 21.8 Å². The van der Waals surface area contributed by atoms with Crippen molar-refractivity contribution in [1.82, 2.24) is 9.58 Å². The number of pyridine rings is 1. The van der Waals surface area contributed by atoms with Crippen LogP contribution in [0.15, 0.2) is 64.4 Å². The summed E-state index contributed by atoms with van der Waals surface area (Å²) in [6, 6.07) is 7.75. The molecule has 4 heterocycles. The van der Waals surface area contributed by atoms with Crippen LogP contribution in [0.5, 0.6) is 5.75 Å². The number of alkyl halides is 6. The predicted molar refractivity (Wildman–Crippen MR) is 149 cm³/mol. The number of carbonyl (C=O) groups excluding carboxylic acids is 2. The SMILES string of the molecule is C[C@@H](N1CN([C@@H]2c3ccccc3SCc3c2cccc3C(F)(F)F)n2ccc(=O)c(OC(=O)[C@H]3CCCO3)c2C1=O)C(F)(F)F. The number of fused-ring (bicyclic) bond motifs is 3. The van der Waals surface area contributed by atoms with Crippen molar-refractivity contribution < 1.29 is 45.4 Å². The molecule has 1 amide bonds. The molecular weight excluding hydrogens is 628 g/mol. The molecular formula is C30H25F6N3O5S. The highest BCUT2D eigenvalue weighted by atomic mass is 32.2. The number of nitrogens with zero attached hydrogens (tertiary/aromatic N) is 3. The molecule has 1 aromatic heterocycles. The lowest BCUT2D eigenvalue weighted by atomic mass is 9.91. The summed E-state index contributed by atoms with van der Waals surface area (Å²) in [6.07, 6.45) is -8.72. The van der Waals surface area contributed by atoms with Gasteiger partial charge in [0.2, 0.25) is 11.2 Å². The van der Waals surface area contributed by atoms with Crippen LogP contribution < -0.4 is 15.2 Å². The second-order valence-electron chi connectivity index (χ2n) is 10.8. The first-order valence-electron chi connectivity index (χ1n) is 13.9. The topological polar surface area (TPSA) is 81.1 Å². The molecule has 0 aliphatic carbocycles. The Labute approximate surface area is 256 Å². The predicted octanol–water partition coefficient (Wildman–Crippen LogP) is 5.65. The summed E-state index contributed by atoms with van der Waals surface area (Å²) in [4.78, 5) is 40.8. The van der Waals surface area contributed by atoms with E-state index in [1.165, 1.54) is 17.1 Å². The number of aromatic nitrogens is 1. The van der Waals surface area contributed by atoms with E-state index in [-0.39, 0.29) is 29.9 Å². The van der Waals surface area contributed by atoms with Gasteiger partial charge in [-0.2, -0.15) is 26.3 Å². The number of thioether (sulfide) groups is 1. The Hall–Kier alpha value is -3.98. The van der Waals surface area contributed by atoms with Crippen LogP contribution >= 0.6 is 11.8 Å². The quantitative estimate of drug-likeness (QED) is 0.266. The number of benzene rings is 2. The lowest BCUT2D eigenvalue weighted by molar-refractivity contribution is -0.173. The van der Waals surface area contributed by atoms with Gasteiger partial charge in [0.1, 0.15) is 12.7 Å². The van der Waals surface area contributed by atoms with E-state index >= 15 is 0 Å². The zero-order chi connectivity index (χ0) is 32.3. The number of halogens is 6. The third kappa shape index (κ3) is 5.56. The van der Waals surface area contributed by atoms with Crippen LogP contribution in [0.3, 0.4) is 0 Å². The highest BCUT2D eigenvalue weighted by molar-refractivity contribution is 7.98. The number of carbonyl (C=O) groups is 2. The van der Waals surface area contributed by atoms with Crippen molar-refractivity contribution in [3.63, 3.8) is 0 Å². The summed E-state index contributed by atoms with van der Waals surface area (Å²) in [5.74, 6) is -3.12. The van der Waals surface area contributed by atoms with E-state index in [0.717, 1.165) is 41.7 Å². The van der Waals surface area contributed by atoms with E-state index in [4.69, 9.17) is 9.47 Å². The molecule has 15 heteroatoms. The fraction of sp³-hybridized carbons (Fsp3) is 0.367. The Morgan fingerprint density at radius 1 is 1.02 bits per heavy atom. The molecule has 8 nitrogen and oxygen atoms in total. The van der Waals surface area contributed by atoms with E-state index in [2.05, 4.69) is 0 Å². The minimum Gasteiger partial charge on any atom is -0.418 e. The monoisotopic (exact) mass is 653 g/mol. The zero-order valence-electron chi connectivity index (χ0n) is 23.5. The van der Waals surface area contributed by atoms with Crippen LogP contribution in [-0.4, -0.2) is 53.1 Å². The molecule has 0 bridgehead atoms. The van der Waals surface area contributed by atoms with Gasteiger partial charge in [-0.25, -0.2) is 4.79 Å². The average molecular weight is 654 g/mol. The smallest absolute Gasteiger partial charge is 0.416 e. The number of hydrogen-bond donors (Lipinski definition) is 0. The molecule has 0 saturated carbocycles. The van der Waals surface area contributed by atoms with Gasteiger partial charge in [0, 0.05) is 29.5 Å². The molecule has 238 valence electrons. The molecule has 0 radical (unpaired) electrons. The van der Waals surface area contributed by atoms with Gasteiger partial charge in [-0.3, -0.25) is 19.3 Å². The maximum Gasteiger partial charge on any atom is 0.416 e. The summed E-state index contributed by atoms with van der Waals surface area (Å²) in [7, 11) is 0. The first-order valence-corrected chi connectivity index (χ1v) is 14.9. The van der Waals surface area contributed by atoms with E-state index in [1.54, 1.807) is 24.3 Å². The number of amides is 1. The van der Waals surface area contributed by atoms with Crippen molar-refractivity contribution >= 4 is 23.6 Å². The summed E-state index contributed by atoms with van der Waals surface area (Å²) in [5.41, 5.74) is -1.96. The third-order valence-corrected chi connectivity index (χ3v) is 9.22. The molecule has 45 heavy (non-hydrogen) atoms. The van der Waals surface area contributed by atoms with Crippen molar-refractivity contribution in [2.45, 2.75) is 61.0 Å². The van der Waals surface area contributed by atoms with E-state index < -0.39 is 71.5 Å². The first kappa shape index (κ1) is 31.0. The highest BCUT2D eigenvalue weighted by Gasteiger charge is 2.48. The Balaban J connectivity index is 1.60. The second-order valence-corrected chi connectivity index (χ2v) is 11.8. The molecule has 6 rings (SSSR count). The van der Waals surface area contributed by atoms with Gasteiger partial charge in [0.05, 0.1) is 11.6 Å². The molecule has 3 atom stereocenters. The van der Waals surface area contributed by atoms with Gasteiger partial charge >= 0.3 is 18.3 Å². The Kier molecular flexibility index (Phi) is 7.88. The highest BCUT2D eigenvalue weighted by Crippen LogP contribution is 2.47. The van der Waals surface area contributed by atoms with Crippen molar-refractivity contribution in [3.8, 4) is 5.75 Å². The normalized spacial score (nSPS) is 20.6. The summed E-state index contributed by atoms with van der Waals surface area (Å²) in [6.45, 7) is 0.291. The number of hydrogen-bond acceptors (Lipinski definition) is 7. The number of rotatable bonds is 4. The lowest BCUT2D eigenvalue weighted by Crippen LogP contribution is -2.60. The van der Waals surface area contributed by atoms with Gasteiger partial charge in [-0.1, -0.05) is 30.3 Å². The summed E-state index contributed by atoms with van der Waals surface area (Å²) >= 11 is 1.14. The fourth-order valence-corrected chi connectivity index (χ4v) is 6.96. The van der Waals surface area contributed by atoms with Crippen molar-refractivity contribution in [3.05, 3.63) is 92.9 Å². The maximum absolute atomic E-state index is 14.2. The van der Waals surface area contributed by atoms with Gasteiger partial charge in [-0.05, 0) is 48.6 Å². The first-order chi connectivity index (χ1) is 21.3. The van der Waals surface area contributed by atoms with Crippen LogP contribution in [0.4, 0.5) is 26.3 Å². The fourth-order valence-electron chi connectivity index (χ4n) is 5.82. The van der Waals surface area contributed by atoms with Crippen molar-refractivity contribution in [2.24, 2.45) is 0 Å². The minimum atomic E-state index is -4.91. The third-order valence-electron chi connectivity index (χ3n) is 8.10. The molecule has 0 spiro atoms. The van der Waals surface area contributed by atoms with Crippen LogP contribution in [0, 0.1) is 0 Å². The number of esters is 1. The van der Waals surface area contributed by atoms with Crippen LogP contribution in [-0.2, 0) is 21.5 Å². The lowest BCUT2D eigenvalue weighted by Gasteiger charge is -2.46. The summed E-state index contributed by atoms with van der Waals surface area (Å²) < 4.78 is 97.0. The van der Waals surface area contributed by atoms with Gasteiger partial charge in [0.15, 0.2) is 11.8 Å². The Morgan fingerprint density at radius 3 is 2.44 bits per heavy atom. The molecule has 1 fully saturated rings.